The number of hydrogen-bond donors (Lipinski definition) is 1. The van der Waals surface area contributed by atoms with Crippen LogP contribution in [0.3, 0.4) is 0 Å². The van der Waals surface area contributed by atoms with Crippen molar-refractivity contribution < 1.29 is 18.9 Å². The van der Waals surface area contributed by atoms with Crippen molar-refractivity contribution >= 4 is 33.3 Å². The molecule has 0 saturated heterocycles. The fourth-order valence-electron chi connectivity index (χ4n) is 2.16. The Morgan fingerprint density at radius 3 is 2.36 bits per heavy atom. The first kappa shape index (κ1) is 18.7. The lowest BCUT2D eigenvalue weighted by Gasteiger charge is -2.07. The third-order valence-corrected chi connectivity index (χ3v) is 3.96. The Labute approximate surface area is 151 Å². The molecule has 2 aromatic carbocycles. The van der Waals surface area contributed by atoms with Crippen molar-refractivity contribution in [2.45, 2.75) is 6.42 Å². The molecule has 2 aromatic rings. The van der Waals surface area contributed by atoms with E-state index in [1.54, 1.807) is 12.1 Å². The number of carbonyl (C=O) groups excluding carboxylic acids is 2. The number of nitrogens with one attached hydrogen (secondary N) is 1. The summed E-state index contributed by atoms with van der Waals surface area (Å²) in [6.45, 7) is 0.273. The van der Waals surface area contributed by atoms with Crippen molar-refractivity contribution in [3.8, 4) is 0 Å². The first-order valence-electron chi connectivity index (χ1n) is 7.32. The third-order valence-electron chi connectivity index (χ3n) is 3.45. The minimum absolute atomic E-state index is 0.000205. The van der Waals surface area contributed by atoms with Crippen LogP contribution in [0.25, 0.3) is 0 Å². The van der Waals surface area contributed by atoms with Gasteiger partial charge >= 0.3 is 0 Å². The number of amides is 1. The summed E-state index contributed by atoms with van der Waals surface area (Å²) in [6.07, 6.45) is 0.480. The van der Waals surface area contributed by atoms with Gasteiger partial charge in [-0.05, 0) is 30.2 Å². The summed E-state index contributed by atoms with van der Waals surface area (Å²) in [5.74, 6) is -1.22. The predicted molar refractivity (Wildman–Crippen MR) is 93.7 cm³/mol. The van der Waals surface area contributed by atoms with Gasteiger partial charge in [-0.25, -0.2) is 4.39 Å². The number of halogens is 2. The molecule has 8 heteroatoms. The van der Waals surface area contributed by atoms with E-state index in [2.05, 4.69) is 21.2 Å². The highest BCUT2D eigenvalue weighted by Crippen LogP contribution is 2.18. The Morgan fingerprint density at radius 1 is 1.12 bits per heavy atom. The van der Waals surface area contributed by atoms with Gasteiger partial charge in [-0.3, -0.25) is 19.7 Å². The van der Waals surface area contributed by atoms with E-state index in [0.717, 1.165) is 17.7 Å². The van der Waals surface area contributed by atoms with Gasteiger partial charge < -0.3 is 5.32 Å². The Hall–Kier alpha value is -2.61. The number of alkyl halides is 1. The van der Waals surface area contributed by atoms with Crippen molar-refractivity contribution in [3.63, 3.8) is 0 Å². The average molecular weight is 409 g/mol. The van der Waals surface area contributed by atoms with Crippen LogP contribution in [0.2, 0.25) is 0 Å². The first-order chi connectivity index (χ1) is 11.9. The molecule has 0 spiro atoms. The zero-order valence-corrected chi connectivity index (χ0v) is 14.6. The number of rotatable bonds is 7. The van der Waals surface area contributed by atoms with Crippen LogP contribution in [0.1, 0.15) is 26.3 Å². The summed E-state index contributed by atoms with van der Waals surface area (Å²) in [6, 6.07) is 9.47. The van der Waals surface area contributed by atoms with E-state index < -0.39 is 10.8 Å². The fraction of sp³-hybridized carbons (Fsp3) is 0.176. The van der Waals surface area contributed by atoms with Crippen LogP contribution in [-0.4, -0.2) is 28.5 Å². The highest BCUT2D eigenvalue weighted by molar-refractivity contribution is 9.09. The van der Waals surface area contributed by atoms with Crippen molar-refractivity contribution in [2.24, 2.45) is 0 Å². The van der Waals surface area contributed by atoms with Crippen molar-refractivity contribution in [2.75, 3.05) is 11.9 Å². The highest BCUT2D eigenvalue weighted by atomic mass is 79.9. The van der Waals surface area contributed by atoms with Gasteiger partial charge in [0.15, 0.2) is 5.78 Å². The lowest BCUT2D eigenvalue weighted by molar-refractivity contribution is -0.384. The van der Waals surface area contributed by atoms with Gasteiger partial charge in [0.2, 0.25) is 0 Å². The van der Waals surface area contributed by atoms with Crippen molar-refractivity contribution in [3.05, 3.63) is 75.1 Å². The van der Waals surface area contributed by atoms with Gasteiger partial charge in [0.25, 0.3) is 11.6 Å². The molecule has 0 bridgehead atoms. The largest absolute Gasteiger partial charge is 0.352 e. The van der Waals surface area contributed by atoms with Gasteiger partial charge in [0.05, 0.1) is 10.3 Å². The molecule has 0 aliphatic rings. The molecule has 0 saturated carbocycles. The monoisotopic (exact) mass is 408 g/mol. The molecule has 25 heavy (non-hydrogen) atoms. The summed E-state index contributed by atoms with van der Waals surface area (Å²) >= 11 is 3.00. The topological polar surface area (TPSA) is 89.3 Å². The molecule has 0 aliphatic carbocycles. The molecule has 0 atom stereocenters. The molecule has 1 amide bonds. The molecule has 0 radical (unpaired) electrons. The zero-order valence-electron chi connectivity index (χ0n) is 13.0. The van der Waals surface area contributed by atoms with Crippen LogP contribution >= 0.6 is 15.9 Å². The second kappa shape index (κ2) is 8.48. The molecule has 0 heterocycles. The summed E-state index contributed by atoms with van der Waals surface area (Å²) in [7, 11) is 0. The number of non-ortho nitro benzene ring substituents is 1. The van der Waals surface area contributed by atoms with Crippen molar-refractivity contribution in [1.29, 1.82) is 0 Å². The van der Waals surface area contributed by atoms with Gasteiger partial charge in [0, 0.05) is 29.8 Å². The van der Waals surface area contributed by atoms with E-state index in [-0.39, 0.29) is 40.3 Å². The number of nitro benzene ring substituents is 1. The van der Waals surface area contributed by atoms with Crippen LogP contribution in [-0.2, 0) is 6.42 Å². The summed E-state index contributed by atoms with van der Waals surface area (Å²) in [4.78, 5) is 34.3. The minimum Gasteiger partial charge on any atom is -0.352 e. The quantitative estimate of drug-likeness (QED) is 0.329. The second-order valence-electron chi connectivity index (χ2n) is 5.21. The van der Waals surface area contributed by atoms with E-state index >= 15 is 0 Å². The SMILES string of the molecule is O=C(CBr)c1cc(C(=O)NCCc2ccc(F)cc2)cc([N+](=O)[O-])c1. The smallest absolute Gasteiger partial charge is 0.270 e. The molecule has 1 N–H and O–H groups in total. The standard InChI is InChI=1S/C17H14BrFN2O4/c18-10-16(22)12-7-13(9-15(8-12)21(24)25)17(23)20-6-5-11-1-3-14(19)4-2-11/h1-4,7-9H,5-6,10H2,(H,20,23). The van der Waals surface area contributed by atoms with Crippen LogP contribution < -0.4 is 5.32 Å². The Balaban J connectivity index is 2.09. The van der Waals surface area contributed by atoms with Crippen LogP contribution in [0.5, 0.6) is 0 Å². The van der Waals surface area contributed by atoms with Crippen LogP contribution in [0, 0.1) is 15.9 Å². The Morgan fingerprint density at radius 2 is 1.76 bits per heavy atom. The first-order valence-corrected chi connectivity index (χ1v) is 8.44. The highest BCUT2D eigenvalue weighted by Gasteiger charge is 2.17. The lowest BCUT2D eigenvalue weighted by Crippen LogP contribution is -2.26. The van der Waals surface area contributed by atoms with Crippen LogP contribution in [0.4, 0.5) is 10.1 Å². The van der Waals surface area contributed by atoms with Gasteiger partial charge in [-0.15, -0.1) is 0 Å². The van der Waals surface area contributed by atoms with Crippen LogP contribution in [0.15, 0.2) is 42.5 Å². The van der Waals surface area contributed by atoms with E-state index in [1.165, 1.54) is 18.2 Å². The Bertz CT molecular complexity index is 809. The molecular formula is C17H14BrFN2O4. The molecule has 6 nitrogen and oxygen atoms in total. The van der Waals surface area contributed by atoms with Gasteiger partial charge in [-0.2, -0.15) is 0 Å². The fourth-order valence-corrected chi connectivity index (χ4v) is 2.48. The second-order valence-corrected chi connectivity index (χ2v) is 5.78. The zero-order chi connectivity index (χ0) is 18.4. The maximum Gasteiger partial charge on any atom is 0.270 e. The molecular weight excluding hydrogens is 395 g/mol. The summed E-state index contributed by atoms with van der Waals surface area (Å²) < 4.78 is 12.8. The normalized spacial score (nSPS) is 10.3. The average Bonchev–Trinajstić information content (AvgIpc) is 2.62. The van der Waals surface area contributed by atoms with E-state index in [4.69, 9.17) is 0 Å². The van der Waals surface area contributed by atoms with E-state index in [9.17, 15) is 24.1 Å². The van der Waals surface area contributed by atoms with Gasteiger partial charge in [-0.1, -0.05) is 28.1 Å². The molecule has 0 unspecified atom stereocenters. The third kappa shape index (κ3) is 5.18. The summed E-state index contributed by atoms with van der Waals surface area (Å²) in [5, 5.41) is 13.6. The maximum atomic E-state index is 12.8. The molecule has 0 aromatic heterocycles. The van der Waals surface area contributed by atoms with Crippen molar-refractivity contribution in [1.82, 2.24) is 5.32 Å². The number of hydrogen-bond acceptors (Lipinski definition) is 4. The number of Topliss-reactive ketones (excluding diaryl/α,β-unsaturated/α-hetero) is 1. The van der Waals surface area contributed by atoms with E-state index in [0.29, 0.717) is 6.42 Å². The molecule has 2 rings (SSSR count). The number of ketones is 1. The minimum atomic E-state index is -0.652. The Kier molecular flexibility index (Phi) is 6.35. The number of carbonyl (C=O) groups is 2. The van der Waals surface area contributed by atoms with Gasteiger partial charge in [0.1, 0.15) is 5.82 Å². The maximum absolute atomic E-state index is 12.8. The van der Waals surface area contributed by atoms with E-state index in [1.807, 2.05) is 0 Å². The predicted octanol–water partition coefficient (Wildman–Crippen LogP) is 3.28. The summed E-state index contributed by atoms with van der Waals surface area (Å²) in [5.41, 5.74) is 0.652. The molecule has 0 aliphatic heterocycles. The number of benzene rings is 2. The molecule has 130 valence electrons. The lowest BCUT2D eigenvalue weighted by atomic mass is 10.1. The number of nitrogens with zero attached hydrogens (tertiary/aromatic N) is 1. The number of nitro groups is 1. The molecule has 0 fully saturated rings.